The molecule has 0 aliphatic heterocycles. The zero-order valence-electron chi connectivity index (χ0n) is 9.72. The van der Waals surface area contributed by atoms with Crippen LogP contribution in [0, 0.1) is 0 Å². The third-order valence-electron chi connectivity index (χ3n) is 2.12. The molecule has 5 heteroatoms. The zero-order valence-corrected chi connectivity index (χ0v) is 11.3. The summed E-state index contributed by atoms with van der Waals surface area (Å²) in [5.74, 6) is -0.104. The lowest BCUT2D eigenvalue weighted by Crippen LogP contribution is -2.22. The standard InChI is InChI=1S/C12H16BrN3O/c1-3-15-12(17)9-4-5-10(14)11(6-9)16-7-8(2)13/h4-6,16H,2-3,7,14H2,1H3,(H,15,17). The van der Waals surface area contributed by atoms with Crippen LogP contribution in [0.1, 0.15) is 17.3 Å². The number of carbonyl (C=O) groups excluding carboxylic acids is 1. The number of benzene rings is 1. The third-order valence-corrected chi connectivity index (χ3v) is 2.40. The fourth-order valence-corrected chi connectivity index (χ4v) is 1.44. The summed E-state index contributed by atoms with van der Waals surface area (Å²) in [5, 5.41) is 5.84. The van der Waals surface area contributed by atoms with E-state index in [1.54, 1.807) is 18.2 Å². The van der Waals surface area contributed by atoms with Crippen molar-refractivity contribution in [3.63, 3.8) is 0 Å². The van der Waals surface area contributed by atoms with Crippen LogP contribution in [0.3, 0.4) is 0 Å². The largest absolute Gasteiger partial charge is 0.397 e. The van der Waals surface area contributed by atoms with Gasteiger partial charge in [0.15, 0.2) is 0 Å². The van der Waals surface area contributed by atoms with Gasteiger partial charge in [-0.1, -0.05) is 22.5 Å². The van der Waals surface area contributed by atoms with Crippen molar-refractivity contribution in [2.24, 2.45) is 0 Å². The van der Waals surface area contributed by atoms with Gasteiger partial charge in [0.1, 0.15) is 0 Å². The Morgan fingerprint density at radius 2 is 2.24 bits per heavy atom. The third kappa shape index (κ3) is 4.11. The second-order valence-corrected chi connectivity index (χ2v) is 4.65. The van der Waals surface area contributed by atoms with Crippen LogP contribution in [0.25, 0.3) is 0 Å². The molecule has 1 aromatic rings. The van der Waals surface area contributed by atoms with Gasteiger partial charge in [-0.3, -0.25) is 4.79 Å². The van der Waals surface area contributed by atoms with E-state index in [1.165, 1.54) is 0 Å². The van der Waals surface area contributed by atoms with Crippen LogP contribution < -0.4 is 16.4 Å². The molecule has 92 valence electrons. The normalized spacial score (nSPS) is 9.76. The molecule has 0 saturated carbocycles. The van der Waals surface area contributed by atoms with Crippen LogP contribution >= 0.6 is 15.9 Å². The summed E-state index contributed by atoms with van der Waals surface area (Å²) in [5.41, 5.74) is 7.73. The van der Waals surface area contributed by atoms with Gasteiger partial charge in [0.05, 0.1) is 11.4 Å². The van der Waals surface area contributed by atoms with E-state index < -0.39 is 0 Å². The topological polar surface area (TPSA) is 67.2 Å². The van der Waals surface area contributed by atoms with E-state index in [2.05, 4.69) is 33.1 Å². The molecule has 1 aromatic carbocycles. The van der Waals surface area contributed by atoms with Gasteiger partial charge in [-0.25, -0.2) is 0 Å². The first-order chi connectivity index (χ1) is 8.04. The fourth-order valence-electron chi connectivity index (χ4n) is 1.30. The Kier molecular flexibility index (Phi) is 5.03. The molecular formula is C12H16BrN3O. The number of halogens is 1. The molecule has 0 unspecified atom stereocenters. The van der Waals surface area contributed by atoms with Crippen molar-refractivity contribution in [1.29, 1.82) is 0 Å². The van der Waals surface area contributed by atoms with Crippen molar-refractivity contribution in [3.8, 4) is 0 Å². The van der Waals surface area contributed by atoms with Gasteiger partial charge in [-0.15, -0.1) is 0 Å². The van der Waals surface area contributed by atoms with Gasteiger partial charge in [0, 0.05) is 23.1 Å². The fraction of sp³-hybridized carbons (Fsp3) is 0.250. The van der Waals surface area contributed by atoms with E-state index in [1.807, 2.05) is 6.92 Å². The molecule has 0 bridgehead atoms. The van der Waals surface area contributed by atoms with Crippen LogP contribution in [0.15, 0.2) is 29.3 Å². The molecule has 0 aliphatic carbocycles. The average Bonchev–Trinajstić information content (AvgIpc) is 2.28. The minimum Gasteiger partial charge on any atom is -0.397 e. The van der Waals surface area contributed by atoms with E-state index >= 15 is 0 Å². The number of rotatable bonds is 5. The smallest absolute Gasteiger partial charge is 0.251 e. The number of carbonyl (C=O) groups is 1. The molecule has 1 amide bonds. The summed E-state index contributed by atoms with van der Waals surface area (Å²) in [6.45, 7) is 6.76. The maximum absolute atomic E-state index is 11.6. The molecule has 0 saturated heterocycles. The monoisotopic (exact) mass is 297 g/mol. The molecule has 4 nitrogen and oxygen atoms in total. The highest BCUT2D eigenvalue weighted by Crippen LogP contribution is 2.20. The number of nitrogen functional groups attached to an aromatic ring is 1. The van der Waals surface area contributed by atoms with Crippen molar-refractivity contribution in [1.82, 2.24) is 5.32 Å². The van der Waals surface area contributed by atoms with Crippen LogP contribution in [0.5, 0.6) is 0 Å². The van der Waals surface area contributed by atoms with E-state index in [0.29, 0.717) is 24.3 Å². The first-order valence-corrected chi connectivity index (χ1v) is 6.08. The summed E-state index contributed by atoms with van der Waals surface area (Å²) >= 11 is 3.25. The van der Waals surface area contributed by atoms with Crippen molar-refractivity contribution in [2.45, 2.75) is 6.92 Å². The van der Waals surface area contributed by atoms with Crippen molar-refractivity contribution in [2.75, 3.05) is 24.1 Å². The molecule has 0 atom stereocenters. The average molecular weight is 298 g/mol. The molecule has 17 heavy (non-hydrogen) atoms. The molecule has 0 fully saturated rings. The van der Waals surface area contributed by atoms with Gasteiger partial charge in [-0.2, -0.15) is 0 Å². The summed E-state index contributed by atoms with van der Waals surface area (Å²) in [6, 6.07) is 5.15. The zero-order chi connectivity index (χ0) is 12.8. The van der Waals surface area contributed by atoms with Crippen LogP contribution in [0.2, 0.25) is 0 Å². The number of anilines is 2. The first kappa shape index (κ1) is 13.6. The van der Waals surface area contributed by atoms with Crippen molar-refractivity contribution >= 4 is 33.2 Å². The second-order valence-electron chi connectivity index (χ2n) is 3.53. The van der Waals surface area contributed by atoms with Gasteiger partial charge in [-0.05, 0) is 25.1 Å². The van der Waals surface area contributed by atoms with Gasteiger partial charge < -0.3 is 16.4 Å². The number of nitrogens with two attached hydrogens (primary N) is 1. The Morgan fingerprint density at radius 3 is 2.82 bits per heavy atom. The Balaban J connectivity index is 2.86. The van der Waals surface area contributed by atoms with Crippen LogP contribution in [-0.4, -0.2) is 19.0 Å². The molecule has 0 aliphatic rings. The summed E-state index contributed by atoms with van der Waals surface area (Å²) < 4.78 is 0.820. The Labute approximate surface area is 109 Å². The predicted octanol–water partition coefficient (Wildman–Crippen LogP) is 2.34. The van der Waals surface area contributed by atoms with Crippen molar-refractivity contribution in [3.05, 3.63) is 34.8 Å². The molecule has 0 spiro atoms. The molecule has 0 heterocycles. The summed E-state index contributed by atoms with van der Waals surface area (Å²) in [6.07, 6.45) is 0. The maximum Gasteiger partial charge on any atom is 0.251 e. The summed E-state index contributed by atoms with van der Waals surface area (Å²) in [4.78, 5) is 11.6. The molecule has 1 rings (SSSR count). The van der Waals surface area contributed by atoms with Gasteiger partial charge >= 0.3 is 0 Å². The maximum atomic E-state index is 11.6. The number of hydrogen-bond donors (Lipinski definition) is 3. The number of amides is 1. The number of nitrogens with one attached hydrogen (secondary N) is 2. The van der Waals surface area contributed by atoms with E-state index in [0.717, 1.165) is 10.2 Å². The Bertz CT molecular complexity index is 432. The SMILES string of the molecule is C=C(Br)CNc1cc(C(=O)NCC)ccc1N. The molecular weight excluding hydrogens is 282 g/mol. The highest BCUT2D eigenvalue weighted by atomic mass is 79.9. The van der Waals surface area contributed by atoms with Crippen LogP contribution in [0.4, 0.5) is 11.4 Å². The lowest BCUT2D eigenvalue weighted by Gasteiger charge is -2.10. The van der Waals surface area contributed by atoms with Gasteiger partial charge in [0.2, 0.25) is 0 Å². The molecule has 4 N–H and O–H groups in total. The minimum atomic E-state index is -0.104. The van der Waals surface area contributed by atoms with Crippen LogP contribution in [-0.2, 0) is 0 Å². The quantitative estimate of drug-likeness (QED) is 0.731. The van der Waals surface area contributed by atoms with E-state index in [-0.39, 0.29) is 5.91 Å². The van der Waals surface area contributed by atoms with Gasteiger partial charge in [0.25, 0.3) is 5.91 Å². The predicted molar refractivity (Wildman–Crippen MR) is 75.4 cm³/mol. The Hall–Kier alpha value is -1.49. The Morgan fingerprint density at radius 1 is 1.53 bits per heavy atom. The first-order valence-electron chi connectivity index (χ1n) is 5.29. The minimum absolute atomic E-state index is 0.104. The highest BCUT2D eigenvalue weighted by molar-refractivity contribution is 9.11. The molecule has 0 radical (unpaired) electrons. The number of hydrogen-bond acceptors (Lipinski definition) is 3. The van der Waals surface area contributed by atoms with E-state index in [9.17, 15) is 4.79 Å². The highest BCUT2D eigenvalue weighted by Gasteiger charge is 2.07. The lowest BCUT2D eigenvalue weighted by atomic mass is 10.1. The lowest BCUT2D eigenvalue weighted by molar-refractivity contribution is 0.0956. The van der Waals surface area contributed by atoms with E-state index in [4.69, 9.17) is 5.73 Å². The molecule has 0 aromatic heterocycles. The second kappa shape index (κ2) is 6.30. The summed E-state index contributed by atoms with van der Waals surface area (Å²) in [7, 11) is 0. The van der Waals surface area contributed by atoms with Crippen molar-refractivity contribution < 1.29 is 4.79 Å².